The summed E-state index contributed by atoms with van der Waals surface area (Å²) in [5, 5.41) is 13.3. The summed E-state index contributed by atoms with van der Waals surface area (Å²) in [5.41, 5.74) is 8.65. The Balaban J connectivity index is 2.63. The molecule has 0 aromatic carbocycles. The van der Waals surface area contributed by atoms with E-state index >= 15 is 0 Å². The molecule has 1 unspecified atom stereocenters. The number of ether oxygens (including phenoxy) is 1. The minimum absolute atomic E-state index is 0.115. The van der Waals surface area contributed by atoms with Gasteiger partial charge in [0.15, 0.2) is 14.6 Å². The largest absolute Gasteiger partial charge is 0.416 e. The van der Waals surface area contributed by atoms with Gasteiger partial charge in [-0.2, -0.15) is 0 Å². The van der Waals surface area contributed by atoms with Crippen LogP contribution in [0.15, 0.2) is 5.11 Å². The third kappa shape index (κ3) is 4.47. The third-order valence-electron chi connectivity index (χ3n) is 4.08. The average molecular weight is 287 g/mol. The number of hydrogen-bond acceptors (Lipinski definition) is 4. The Kier molecular flexibility index (Phi) is 5.40. The van der Waals surface area contributed by atoms with Gasteiger partial charge in [-0.1, -0.05) is 25.9 Å². The first kappa shape index (κ1) is 16.5. The van der Waals surface area contributed by atoms with E-state index in [4.69, 9.17) is 14.7 Å². The molecule has 0 aromatic heterocycles. The Bertz CT molecular complexity index is 351. The van der Waals surface area contributed by atoms with E-state index in [0.717, 1.165) is 0 Å². The van der Waals surface area contributed by atoms with Gasteiger partial charge in [0.2, 0.25) is 0 Å². The van der Waals surface area contributed by atoms with Gasteiger partial charge in [-0.05, 0) is 30.1 Å². The fraction of sp³-hybridized carbons (Fsp3) is 1.00. The number of nitrogens with zero attached hydrogens (tertiary/aromatic N) is 3. The fourth-order valence-electron chi connectivity index (χ4n) is 1.72. The predicted molar refractivity (Wildman–Crippen MR) is 76.2 cm³/mol. The van der Waals surface area contributed by atoms with E-state index in [1.54, 1.807) is 0 Å². The van der Waals surface area contributed by atoms with Gasteiger partial charge in [0.25, 0.3) is 0 Å². The van der Waals surface area contributed by atoms with Crippen LogP contribution in [0.1, 0.15) is 33.6 Å². The molecule has 110 valence electrons. The molecule has 6 nitrogen and oxygen atoms in total. The van der Waals surface area contributed by atoms with Crippen LogP contribution in [0.2, 0.25) is 18.1 Å². The molecule has 1 rings (SSSR count). The molecule has 7 heteroatoms. The van der Waals surface area contributed by atoms with Crippen LogP contribution in [-0.2, 0) is 9.16 Å². The molecule has 0 aromatic rings. The number of rotatable bonds is 5. The highest BCUT2D eigenvalue weighted by atomic mass is 28.4. The quantitative estimate of drug-likeness (QED) is 0.364. The Labute approximate surface area is 115 Å². The molecule has 0 amide bonds. The maximum absolute atomic E-state index is 9.38. The lowest BCUT2D eigenvalue weighted by Gasteiger charge is -2.37. The highest BCUT2D eigenvalue weighted by molar-refractivity contribution is 6.74. The van der Waals surface area contributed by atoms with E-state index < -0.39 is 14.6 Å². The minimum atomic E-state index is -1.87. The lowest BCUT2D eigenvalue weighted by Crippen LogP contribution is -2.44. The summed E-state index contributed by atoms with van der Waals surface area (Å²) < 4.78 is 11.4. The maximum atomic E-state index is 9.38. The zero-order valence-electron chi connectivity index (χ0n) is 12.5. The van der Waals surface area contributed by atoms with Gasteiger partial charge in [0.05, 0.1) is 12.1 Å². The van der Waals surface area contributed by atoms with Crippen molar-refractivity contribution in [1.82, 2.24) is 0 Å². The number of aliphatic hydroxyl groups excluding tert-OH is 1. The van der Waals surface area contributed by atoms with Crippen LogP contribution in [-0.4, -0.2) is 38.5 Å². The van der Waals surface area contributed by atoms with E-state index in [-0.39, 0.29) is 17.2 Å². The Morgan fingerprint density at radius 1 is 1.47 bits per heavy atom. The molecule has 1 saturated heterocycles. The molecule has 1 aliphatic rings. The number of aliphatic hydroxyl groups is 1. The average Bonchev–Trinajstić information content (AvgIpc) is 2.69. The minimum Gasteiger partial charge on any atom is -0.416 e. The van der Waals surface area contributed by atoms with Crippen LogP contribution in [0.25, 0.3) is 10.4 Å². The first-order valence-electron chi connectivity index (χ1n) is 6.69. The third-order valence-corrected chi connectivity index (χ3v) is 8.58. The number of azide groups is 1. The van der Waals surface area contributed by atoms with Gasteiger partial charge in [-0.3, -0.25) is 0 Å². The summed E-state index contributed by atoms with van der Waals surface area (Å²) in [7, 11) is -1.87. The lowest BCUT2D eigenvalue weighted by molar-refractivity contribution is -0.0981. The summed E-state index contributed by atoms with van der Waals surface area (Å²) >= 11 is 0. The van der Waals surface area contributed by atoms with E-state index in [0.29, 0.717) is 19.4 Å². The SMILES string of the molecule is CC(C)(C)[Si](C)(C)OC[C@@H](N=[N+]=[N-])[C@@H]1CCC(O)O1. The molecule has 3 atom stereocenters. The van der Waals surface area contributed by atoms with Crippen LogP contribution < -0.4 is 0 Å². The standard InChI is InChI=1S/C12H25N3O3Si/c1-12(2,3)19(4,5)17-8-9(14-15-13)10-6-7-11(16)18-10/h9-11,16H,6-8H2,1-5H3/t9-,10+,11?/m1/s1. The van der Waals surface area contributed by atoms with Gasteiger partial charge in [0, 0.05) is 17.9 Å². The van der Waals surface area contributed by atoms with Crippen molar-refractivity contribution in [2.45, 2.75) is 70.2 Å². The van der Waals surface area contributed by atoms with Crippen molar-refractivity contribution in [3.8, 4) is 0 Å². The zero-order valence-corrected chi connectivity index (χ0v) is 13.5. The normalized spacial score (nSPS) is 26.0. The van der Waals surface area contributed by atoms with Crippen molar-refractivity contribution in [2.24, 2.45) is 5.11 Å². The molecule has 0 aliphatic carbocycles. The monoisotopic (exact) mass is 287 g/mol. The second kappa shape index (κ2) is 6.24. The Morgan fingerprint density at radius 3 is 2.53 bits per heavy atom. The van der Waals surface area contributed by atoms with Gasteiger partial charge in [-0.15, -0.1) is 0 Å². The molecule has 1 N–H and O–H groups in total. The van der Waals surface area contributed by atoms with E-state index in [9.17, 15) is 5.11 Å². The van der Waals surface area contributed by atoms with Crippen LogP contribution in [0, 0.1) is 0 Å². The summed E-state index contributed by atoms with van der Waals surface area (Å²) in [4.78, 5) is 2.87. The van der Waals surface area contributed by atoms with Crippen molar-refractivity contribution >= 4 is 8.32 Å². The van der Waals surface area contributed by atoms with Crippen LogP contribution in [0.4, 0.5) is 0 Å². The molecule has 0 bridgehead atoms. The second-order valence-corrected chi connectivity index (χ2v) is 11.4. The van der Waals surface area contributed by atoms with Crippen LogP contribution in [0.3, 0.4) is 0 Å². The Hall–Kier alpha value is -0.593. The van der Waals surface area contributed by atoms with Crippen LogP contribution in [0.5, 0.6) is 0 Å². The summed E-state index contributed by atoms with van der Waals surface area (Å²) in [5.74, 6) is 0. The van der Waals surface area contributed by atoms with Crippen molar-refractivity contribution < 1.29 is 14.3 Å². The number of hydrogen-bond donors (Lipinski definition) is 1. The first-order chi connectivity index (χ1) is 8.67. The van der Waals surface area contributed by atoms with Gasteiger partial charge in [-0.25, -0.2) is 0 Å². The van der Waals surface area contributed by atoms with E-state index in [1.165, 1.54) is 0 Å². The van der Waals surface area contributed by atoms with E-state index in [1.807, 2.05) is 0 Å². The molecule has 1 heterocycles. The van der Waals surface area contributed by atoms with E-state index in [2.05, 4.69) is 43.9 Å². The van der Waals surface area contributed by atoms with Gasteiger partial charge >= 0.3 is 0 Å². The molecule has 1 aliphatic heterocycles. The van der Waals surface area contributed by atoms with Crippen molar-refractivity contribution in [1.29, 1.82) is 0 Å². The Morgan fingerprint density at radius 2 is 2.11 bits per heavy atom. The van der Waals surface area contributed by atoms with Crippen molar-refractivity contribution in [2.75, 3.05) is 6.61 Å². The van der Waals surface area contributed by atoms with Gasteiger partial charge in [0.1, 0.15) is 0 Å². The lowest BCUT2D eigenvalue weighted by atomic mass is 10.1. The summed E-state index contributed by atoms with van der Waals surface area (Å²) in [6, 6.07) is -0.365. The second-order valence-electron chi connectivity index (χ2n) is 6.55. The van der Waals surface area contributed by atoms with Crippen molar-refractivity contribution in [3.05, 3.63) is 10.4 Å². The summed E-state index contributed by atoms with van der Waals surface area (Å²) in [6.45, 7) is 11.2. The molecule has 1 fully saturated rings. The molecular formula is C12H25N3O3Si. The first-order valence-corrected chi connectivity index (χ1v) is 9.60. The topological polar surface area (TPSA) is 87.5 Å². The summed E-state index contributed by atoms with van der Waals surface area (Å²) in [6.07, 6.45) is 0.304. The zero-order chi connectivity index (χ0) is 14.7. The maximum Gasteiger partial charge on any atom is 0.191 e. The highest BCUT2D eigenvalue weighted by Gasteiger charge is 2.39. The van der Waals surface area contributed by atoms with Crippen LogP contribution >= 0.6 is 0 Å². The smallest absolute Gasteiger partial charge is 0.191 e. The highest BCUT2D eigenvalue weighted by Crippen LogP contribution is 2.37. The molecule has 19 heavy (non-hydrogen) atoms. The van der Waals surface area contributed by atoms with Crippen molar-refractivity contribution in [3.63, 3.8) is 0 Å². The molecular weight excluding hydrogens is 262 g/mol. The molecule has 0 saturated carbocycles. The molecule has 0 radical (unpaired) electrons. The fourth-order valence-corrected chi connectivity index (χ4v) is 2.74. The van der Waals surface area contributed by atoms with Gasteiger partial charge < -0.3 is 14.3 Å². The molecule has 0 spiro atoms. The predicted octanol–water partition coefficient (Wildman–Crippen LogP) is 3.18.